The smallest absolute Gasteiger partial charge is 0.142 e. The lowest BCUT2D eigenvalue weighted by atomic mass is 10.1. The highest BCUT2D eigenvalue weighted by atomic mass is 35.5. The lowest BCUT2D eigenvalue weighted by Crippen LogP contribution is -2.21. The minimum absolute atomic E-state index is 0.174. The molecule has 0 saturated carbocycles. The van der Waals surface area contributed by atoms with E-state index in [1.807, 2.05) is 56.2 Å². The first kappa shape index (κ1) is 15.0. The number of rotatable bonds is 6. The van der Waals surface area contributed by atoms with Crippen LogP contribution in [0.25, 0.3) is 0 Å². The van der Waals surface area contributed by atoms with E-state index in [9.17, 15) is 0 Å². The molecule has 5 heteroatoms. The molecule has 0 N–H and O–H groups in total. The van der Waals surface area contributed by atoms with Crippen LogP contribution in [0, 0.1) is 0 Å². The number of aromatic nitrogens is 2. The van der Waals surface area contributed by atoms with Crippen molar-refractivity contribution in [1.82, 2.24) is 14.5 Å². The Hall–Kier alpha value is -1.36. The van der Waals surface area contributed by atoms with Crippen molar-refractivity contribution < 1.29 is 4.74 Å². The van der Waals surface area contributed by atoms with E-state index in [1.54, 1.807) is 6.20 Å². The molecule has 0 aliphatic heterocycles. The second kappa shape index (κ2) is 6.88. The van der Waals surface area contributed by atoms with Crippen LogP contribution in [-0.4, -0.2) is 41.7 Å². The number of hydrogen-bond donors (Lipinski definition) is 0. The number of ether oxygens (including phenoxy) is 1. The van der Waals surface area contributed by atoms with E-state index in [2.05, 4.69) is 9.88 Å². The van der Waals surface area contributed by atoms with Crippen molar-refractivity contribution in [2.24, 2.45) is 7.05 Å². The highest BCUT2D eigenvalue weighted by Crippen LogP contribution is 2.25. The van der Waals surface area contributed by atoms with Crippen molar-refractivity contribution in [2.45, 2.75) is 6.10 Å². The minimum Gasteiger partial charge on any atom is -0.364 e. The summed E-state index contributed by atoms with van der Waals surface area (Å²) < 4.78 is 8.02. The SMILES string of the molecule is CN(C)CCOC(c1ccc(Cl)cc1)c1nccn1C. The van der Waals surface area contributed by atoms with Gasteiger partial charge in [-0.05, 0) is 31.8 Å². The fourth-order valence-corrected chi connectivity index (χ4v) is 2.07. The summed E-state index contributed by atoms with van der Waals surface area (Å²) in [7, 11) is 6.03. The van der Waals surface area contributed by atoms with Gasteiger partial charge in [0.05, 0.1) is 6.61 Å². The van der Waals surface area contributed by atoms with Crippen molar-refractivity contribution in [3.8, 4) is 0 Å². The lowest BCUT2D eigenvalue weighted by molar-refractivity contribution is 0.0618. The summed E-state index contributed by atoms with van der Waals surface area (Å²) in [6.07, 6.45) is 3.54. The van der Waals surface area contributed by atoms with Gasteiger partial charge >= 0.3 is 0 Å². The Bertz CT molecular complexity index is 536. The van der Waals surface area contributed by atoms with E-state index in [1.165, 1.54) is 0 Å². The lowest BCUT2D eigenvalue weighted by Gasteiger charge is -2.19. The van der Waals surface area contributed by atoms with Crippen LogP contribution in [0.5, 0.6) is 0 Å². The van der Waals surface area contributed by atoms with Crippen LogP contribution in [0.1, 0.15) is 17.5 Å². The first-order chi connectivity index (χ1) is 9.58. The van der Waals surface area contributed by atoms with Gasteiger partial charge in [-0.1, -0.05) is 23.7 Å². The molecule has 20 heavy (non-hydrogen) atoms. The zero-order chi connectivity index (χ0) is 14.5. The molecule has 0 aliphatic rings. The van der Waals surface area contributed by atoms with Gasteiger partial charge < -0.3 is 14.2 Å². The summed E-state index contributed by atoms with van der Waals surface area (Å²) in [5.41, 5.74) is 1.06. The van der Waals surface area contributed by atoms with Gasteiger partial charge in [-0.15, -0.1) is 0 Å². The fourth-order valence-electron chi connectivity index (χ4n) is 1.94. The molecule has 4 nitrogen and oxygen atoms in total. The Morgan fingerprint density at radius 2 is 2.00 bits per heavy atom. The maximum atomic E-state index is 6.04. The molecule has 108 valence electrons. The van der Waals surface area contributed by atoms with Crippen molar-refractivity contribution in [3.63, 3.8) is 0 Å². The van der Waals surface area contributed by atoms with Crippen molar-refractivity contribution >= 4 is 11.6 Å². The molecule has 1 aromatic heterocycles. The Balaban J connectivity index is 2.20. The van der Waals surface area contributed by atoms with Crippen LogP contribution < -0.4 is 0 Å². The molecule has 2 rings (SSSR count). The number of nitrogens with zero attached hydrogens (tertiary/aromatic N) is 3. The third kappa shape index (κ3) is 3.82. The predicted molar refractivity (Wildman–Crippen MR) is 81.0 cm³/mol. The van der Waals surface area contributed by atoms with Crippen molar-refractivity contribution in [2.75, 3.05) is 27.2 Å². The second-order valence-electron chi connectivity index (χ2n) is 5.00. The maximum absolute atomic E-state index is 6.04. The summed E-state index contributed by atoms with van der Waals surface area (Å²) in [4.78, 5) is 6.50. The molecule has 0 fully saturated rings. The summed E-state index contributed by atoms with van der Waals surface area (Å²) in [5.74, 6) is 0.895. The van der Waals surface area contributed by atoms with E-state index in [4.69, 9.17) is 16.3 Å². The van der Waals surface area contributed by atoms with Crippen molar-refractivity contribution in [3.05, 3.63) is 53.1 Å². The first-order valence-corrected chi connectivity index (χ1v) is 6.94. The summed E-state index contributed by atoms with van der Waals surface area (Å²) >= 11 is 5.95. The Labute approximate surface area is 124 Å². The zero-order valence-corrected chi connectivity index (χ0v) is 12.8. The number of hydrogen-bond acceptors (Lipinski definition) is 3. The molecular weight excluding hydrogens is 274 g/mol. The van der Waals surface area contributed by atoms with E-state index < -0.39 is 0 Å². The molecule has 0 bridgehead atoms. The molecule has 0 spiro atoms. The molecule has 1 atom stereocenters. The molecule has 0 amide bonds. The van der Waals surface area contributed by atoms with Crippen LogP contribution in [0.2, 0.25) is 5.02 Å². The average molecular weight is 294 g/mol. The summed E-state index contributed by atoms with van der Waals surface area (Å²) in [5, 5.41) is 0.723. The normalized spacial score (nSPS) is 12.8. The topological polar surface area (TPSA) is 30.3 Å². The van der Waals surface area contributed by atoms with Gasteiger partial charge in [0.15, 0.2) is 0 Å². The number of imidazole rings is 1. The maximum Gasteiger partial charge on any atom is 0.142 e. The Morgan fingerprint density at radius 3 is 2.55 bits per heavy atom. The number of benzene rings is 1. The molecule has 1 aromatic carbocycles. The standard InChI is InChI=1S/C15H20ClN3O/c1-18(2)10-11-20-14(15-17-8-9-19(15)3)12-4-6-13(16)7-5-12/h4-9,14H,10-11H2,1-3H3. The van der Waals surface area contributed by atoms with E-state index in [-0.39, 0.29) is 6.10 Å². The largest absolute Gasteiger partial charge is 0.364 e. The molecular formula is C15H20ClN3O. The minimum atomic E-state index is -0.174. The van der Waals surface area contributed by atoms with Gasteiger partial charge in [-0.25, -0.2) is 4.98 Å². The highest BCUT2D eigenvalue weighted by Gasteiger charge is 2.19. The van der Waals surface area contributed by atoms with Gasteiger partial charge in [0.2, 0.25) is 0 Å². The monoisotopic (exact) mass is 293 g/mol. The molecule has 1 heterocycles. The molecule has 2 aromatic rings. The van der Waals surface area contributed by atoms with Gasteiger partial charge in [0, 0.05) is 31.0 Å². The zero-order valence-electron chi connectivity index (χ0n) is 12.1. The van der Waals surface area contributed by atoms with Gasteiger partial charge in [0.1, 0.15) is 11.9 Å². The summed E-state index contributed by atoms with van der Waals surface area (Å²) in [6.45, 7) is 1.52. The van der Waals surface area contributed by atoms with Crippen LogP contribution >= 0.6 is 11.6 Å². The highest BCUT2D eigenvalue weighted by molar-refractivity contribution is 6.30. The van der Waals surface area contributed by atoms with Crippen LogP contribution in [-0.2, 0) is 11.8 Å². The number of aryl methyl sites for hydroxylation is 1. The second-order valence-corrected chi connectivity index (χ2v) is 5.44. The Morgan fingerprint density at radius 1 is 1.30 bits per heavy atom. The first-order valence-electron chi connectivity index (χ1n) is 6.57. The molecule has 0 aliphatic carbocycles. The molecule has 1 unspecified atom stereocenters. The quantitative estimate of drug-likeness (QED) is 0.820. The predicted octanol–water partition coefficient (Wildman–Crippen LogP) is 2.74. The fraction of sp³-hybridized carbons (Fsp3) is 0.400. The van der Waals surface area contributed by atoms with E-state index >= 15 is 0 Å². The van der Waals surface area contributed by atoms with Crippen LogP contribution in [0.3, 0.4) is 0 Å². The average Bonchev–Trinajstić information content (AvgIpc) is 2.82. The van der Waals surface area contributed by atoms with Crippen LogP contribution in [0.4, 0.5) is 0 Å². The Kier molecular flexibility index (Phi) is 5.17. The molecule has 0 radical (unpaired) electrons. The summed E-state index contributed by atoms with van der Waals surface area (Å²) in [6, 6.07) is 7.72. The van der Waals surface area contributed by atoms with Crippen LogP contribution in [0.15, 0.2) is 36.7 Å². The third-order valence-corrected chi connectivity index (χ3v) is 3.34. The number of halogens is 1. The van der Waals surface area contributed by atoms with Gasteiger partial charge in [0.25, 0.3) is 0 Å². The van der Waals surface area contributed by atoms with Gasteiger partial charge in [-0.2, -0.15) is 0 Å². The van der Waals surface area contributed by atoms with Gasteiger partial charge in [-0.3, -0.25) is 0 Å². The number of likely N-dealkylation sites (N-methyl/N-ethyl adjacent to an activating group) is 1. The van der Waals surface area contributed by atoms with Crippen molar-refractivity contribution in [1.29, 1.82) is 0 Å². The molecule has 0 saturated heterocycles. The van der Waals surface area contributed by atoms with E-state index in [0.29, 0.717) is 6.61 Å². The third-order valence-electron chi connectivity index (χ3n) is 3.09. The van der Waals surface area contributed by atoms with E-state index in [0.717, 1.165) is 23.0 Å².